The van der Waals surface area contributed by atoms with E-state index in [0.29, 0.717) is 0 Å². The normalized spacial score (nSPS) is 14.8. The first-order valence-electron chi connectivity index (χ1n) is 5.25. The van der Waals surface area contributed by atoms with Gasteiger partial charge in [0.1, 0.15) is 0 Å². The Morgan fingerprint density at radius 1 is 0.917 bits per heavy atom. The fourth-order valence-electron chi connectivity index (χ4n) is 1.75. The zero-order chi connectivity index (χ0) is 9.72. The SMILES string of the molecule is C[C](CC(C)C)C(C)CC(C)C. The second kappa shape index (κ2) is 5.61. The van der Waals surface area contributed by atoms with E-state index < -0.39 is 0 Å². The topological polar surface area (TPSA) is 0 Å². The van der Waals surface area contributed by atoms with E-state index in [1.54, 1.807) is 5.92 Å². The molecule has 12 heavy (non-hydrogen) atoms. The minimum absolute atomic E-state index is 0.812. The number of hydrogen-bond donors (Lipinski definition) is 0. The predicted octanol–water partition coefficient (Wildman–Crippen LogP) is 4.31. The Morgan fingerprint density at radius 2 is 1.42 bits per heavy atom. The van der Waals surface area contributed by atoms with Gasteiger partial charge in [-0.25, -0.2) is 0 Å². The molecule has 1 radical (unpaired) electrons. The smallest absolute Gasteiger partial charge is 0.0241 e. The molecule has 0 aliphatic heterocycles. The standard InChI is InChI=1S/C12H25/c1-9(2)7-11(5)12(6)8-10(3)4/h9-11H,7-8H2,1-6H3. The molecule has 0 bridgehead atoms. The van der Waals surface area contributed by atoms with Crippen molar-refractivity contribution in [3.05, 3.63) is 5.92 Å². The molecule has 0 aromatic rings. The second-order valence-electron chi connectivity index (χ2n) is 4.97. The molecule has 0 N–H and O–H groups in total. The molecule has 0 heteroatoms. The first kappa shape index (κ1) is 12.0. The molecule has 0 rings (SSSR count). The van der Waals surface area contributed by atoms with Gasteiger partial charge >= 0.3 is 0 Å². The van der Waals surface area contributed by atoms with Crippen molar-refractivity contribution < 1.29 is 0 Å². The average molecular weight is 169 g/mol. The highest BCUT2D eigenvalue weighted by atomic mass is 14.2. The van der Waals surface area contributed by atoms with E-state index in [2.05, 4.69) is 41.5 Å². The van der Waals surface area contributed by atoms with Gasteiger partial charge in [0, 0.05) is 0 Å². The molecule has 0 fully saturated rings. The van der Waals surface area contributed by atoms with E-state index >= 15 is 0 Å². The lowest BCUT2D eigenvalue weighted by atomic mass is 9.83. The van der Waals surface area contributed by atoms with Gasteiger partial charge < -0.3 is 0 Å². The maximum atomic E-state index is 2.36. The van der Waals surface area contributed by atoms with Crippen LogP contribution in [0.4, 0.5) is 0 Å². The van der Waals surface area contributed by atoms with Crippen molar-refractivity contribution >= 4 is 0 Å². The highest BCUT2D eigenvalue weighted by Gasteiger charge is 2.14. The molecule has 0 nitrogen and oxygen atoms in total. The van der Waals surface area contributed by atoms with Crippen LogP contribution in [0.5, 0.6) is 0 Å². The van der Waals surface area contributed by atoms with Gasteiger partial charge in [0.25, 0.3) is 0 Å². The van der Waals surface area contributed by atoms with E-state index in [4.69, 9.17) is 0 Å². The van der Waals surface area contributed by atoms with Crippen molar-refractivity contribution in [3.63, 3.8) is 0 Å². The summed E-state index contributed by atoms with van der Waals surface area (Å²) < 4.78 is 0. The van der Waals surface area contributed by atoms with Crippen LogP contribution in [-0.2, 0) is 0 Å². The third-order valence-electron chi connectivity index (χ3n) is 2.40. The fourth-order valence-corrected chi connectivity index (χ4v) is 1.75. The number of rotatable bonds is 5. The molecule has 1 unspecified atom stereocenters. The summed E-state index contributed by atoms with van der Waals surface area (Å²) in [6.45, 7) is 13.9. The summed E-state index contributed by atoms with van der Waals surface area (Å²) in [7, 11) is 0. The Bertz CT molecular complexity index is 88.6. The zero-order valence-corrected chi connectivity index (χ0v) is 9.65. The average Bonchev–Trinajstić information content (AvgIpc) is 1.84. The Kier molecular flexibility index (Phi) is 5.61. The van der Waals surface area contributed by atoms with Gasteiger partial charge in [-0.15, -0.1) is 0 Å². The van der Waals surface area contributed by atoms with Crippen LogP contribution in [0.2, 0.25) is 0 Å². The predicted molar refractivity (Wildman–Crippen MR) is 57.0 cm³/mol. The van der Waals surface area contributed by atoms with Crippen LogP contribution in [0.3, 0.4) is 0 Å². The maximum absolute atomic E-state index is 2.36. The molecule has 0 aliphatic carbocycles. The van der Waals surface area contributed by atoms with Crippen LogP contribution >= 0.6 is 0 Å². The molecule has 0 heterocycles. The highest BCUT2D eigenvalue weighted by molar-refractivity contribution is 4.90. The van der Waals surface area contributed by atoms with Gasteiger partial charge in [0.05, 0.1) is 0 Å². The van der Waals surface area contributed by atoms with Gasteiger partial charge in [-0.3, -0.25) is 0 Å². The van der Waals surface area contributed by atoms with Crippen LogP contribution in [0.15, 0.2) is 0 Å². The lowest BCUT2D eigenvalue weighted by Gasteiger charge is -2.22. The zero-order valence-electron chi connectivity index (χ0n) is 9.65. The largest absolute Gasteiger partial charge is 0.0628 e. The lowest BCUT2D eigenvalue weighted by Crippen LogP contribution is -2.10. The minimum atomic E-state index is 0.812. The monoisotopic (exact) mass is 169 g/mol. The maximum Gasteiger partial charge on any atom is -0.0241 e. The van der Waals surface area contributed by atoms with Gasteiger partial charge in [-0.2, -0.15) is 0 Å². The Labute approximate surface area is 78.8 Å². The van der Waals surface area contributed by atoms with Gasteiger partial charge in [-0.1, -0.05) is 41.5 Å². The van der Waals surface area contributed by atoms with Gasteiger partial charge in [0.15, 0.2) is 0 Å². The third kappa shape index (κ3) is 5.62. The summed E-state index contributed by atoms with van der Waals surface area (Å²) in [4.78, 5) is 0. The Balaban J connectivity index is 3.68. The summed E-state index contributed by atoms with van der Waals surface area (Å²) in [6.07, 6.45) is 2.65. The second-order valence-corrected chi connectivity index (χ2v) is 4.97. The molecular formula is C12H25. The molecule has 1 atom stereocenters. The molecule has 73 valence electrons. The molecule has 0 aliphatic rings. The van der Waals surface area contributed by atoms with Crippen LogP contribution < -0.4 is 0 Å². The van der Waals surface area contributed by atoms with Crippen LogP contribution in [0, 0.1) is 23.7 Å². The van der Waals surface area contributed by atoms with Crippen molar-refractivity contribution in [2.45, 2.75) is 54.4 Å². The Morgan fingerprint density at radius 3 is 1.75 bits per heavy atom. The first-order valence-corrected chi connectivity index (χ1v) is 5.25. The first-order chi connectivity index (χ1) is 5.43. The van der Waals surface area contributed by atoms with Crippen molar-refractivity contribution in [2.75, 3.05) is 0 Å². The van der Waals surface area contributed by atoms with Crippen LogP contribution in [-0.4, -0.2) is 0 Å². The highest BCUT2D eigenvalue weighted by Crippen LogP contribution is 2.26. The third-order valence-corrected chi connectivity index (χ3v) is 2.40. The van der Waals surface area contributed by atoms with E-state index in [0.717, 1.165) is 17.8 Å². The molecular weight excluding hydrogens is 144 g/mol. The summed E-state index contributed by atoms with van der Waals surface area (Å²) in [5.41, 5.74) is 0. The molecule has 0 amide bonds. The summed E-state index contributed by atoms with van der Waals surface area (Å²) in [6, 6.07) is 0. The quantitative estimate of drug-likeness (QED) is 0.575. The number of hydrogen-bond acceptors (Lipinski definition) is 0. The minimum Gasteiger partial charge on any atom is -0.0628 e. The summed E-state index contributed by atoms with van der Waals surface area (Å²) in [5.74, 6) is 4.15. The van der Waals surface area contributed by atoms with E-state index in [1.165, 1.54) is 12.8 Å². The molecule has 0 saturated heterocycles. The van der Waals surface area contributed by atoms with Crippen molar-refractivity contribution in [1.82, 2.24) is 0 Å². The van der Waals surface area contributed by atoms with Crippen LogP contribution in [0.25, 0.3) is 0 Å². The summed E-state index contributed by atoms with van der Waals surface area (Å²) in [5, 5.41) is 0. The van der Waals surface area contributed by atoms with E-state index in [-0.39, 0.29) is 0 Å². The van der Waals surface area contributed by atoms with Crippen molar-refractivity contribution in [2.24, 2.45) is 17.8 Å². The Hall–Kier alpha value is 0. The van der Waals surface area contributed by atoms with Gasteiger partial charge in [0.2, 0.25) is 0 Å². The van der Waals surface area contributed by atoms with Crippen molar-refractivity contribution in [1.29, 1.82) is 0 Å². The molecule has 0 aromatic heterocycles. The molecule has 0 spiro atoms. The van der Waals surface area contributed by atoms with E-state index in [9.17, 15) is 0 Å². The van der Waals surface area contributed by atoms with Gasteiger partial charge in [-0.05, 0) is 36.5 Å². The van der Waals surface area contributed by atoms with Crippen LogP contribution in [0.1, 0.15) is 54.4 Å². The summed E-state index contributed by atoms with van der Waals surface area (Å²) >= 11 is 0. The van der Waals surface area contributed by atoms with E-state index in [1.807, 2.05) is 0 Å². The molecule has 0 saturated carbocycles. The molecule has 0 aromatic carbocycles. The fraction of sp³-hybridized carbons (Fsp3) is 0.917. The van der Waals surface area contributed by atoms with Crippen molar-refractivity contribution in [3.8, 4) is 0 Å². The lowest BCUT2D eigenvalue weighted by molar-refractivity contribution is 0.413.